The van der Waals surface area contributed by atoms with E-state index in [1.807, 2.05) is 24.8 Å². The molecule has 0 spiro atoms. The predicted molar refractivity (Wildman–Crippen MR) is 123 cm³/mol. The molecule has 4 N–H and O–H groups in total. The highest BCUT2D eigenvalue weighted by atomic mass is 16.5. The average molecular weight is 443 g/mol. The molecule has 1 aromatic heterocycles. The first-order chi connectivity index (χ1) is 15.4. The second-order valence-corrected chi connectivity index (χ2v) is 8.26. The topological polar surface area (TPSA) is 144 Å². The lowest BCUT2D eigenvalue weighted by atomic mass is 10.1. The van der Waals surface area contributed by atoms with Gasteiger partial charge in [0.15, 0.2) is 5.84 Å². The Morgan fingerprint density at radius 2 is 2.22 bits per heavy atom. The van der Waals surface area contributed by atoms with Crippen molar-refractivity contribution >= 4 is 29.7 Å². The summed E-state index contributed by atoms with van der Waals surface area (Å²) >= 11 is 0. The van der Waals surface area contributed by atoms with Gasteiger partial charge in [-0.15, -0.1) is 0 Å². The Bertz CT molecular complexity index is 960. The van der Waals surface area contributed by atoms with E-state index in [0.717, 1.165) is 11.4 Å². The summed E-state index contributed by atoms with van der Waals surface area (Å²) in [6.07, 6.45) is 3.44. The Morgan fingerprint density at radius 1 is 1.41 bits per heavy atom. The van der Waals surface area contributed by atoms with Crippen molar-refractivity contribution in [2.75, 3.05) is 38.3 Å². The molecule has 1 amide bonds. The van der Waals surface area contributed by atoms with Crippen LogP contribution in [0.15, 0.2) is 27.2 Å². The van der Waals surface area contributed by atoms with Gasteiger partial charge >= 0.3 is 0 Å². The minimum atomic E-state index is -0.565. The Morgan fingerprint density at radius 3 is 2.91 bits per heavy atom. The molecule has 0 radical (unpaired) electrons. The van der Waals surface area contributed by atoms with Crippen molar-refractivity contribution in [2.24, 2.45) is 26.4 Å². The Balaban J connectivity index is 1.66. The van der Waals surface area contributed by atoms with Gasteiger partial charge in [0.25, 0.3) is 0 Å². The molecular weight excluding hydrogens is 412 g/mol. The zero-order chi connectivity index (χ0) is 22.8. The zero-order valence-electron chi connectivity index (χ0n) is 18.6. The summed E-state index contributed by atoms with van der Waals surface area (Å²) in [4.78, 5) is 34.5. The van der Waals surface area contributed by atoms with Crippen molar-refractivity contribution < 1.29 is 14.3 Å². The van der Waals surface area contributed by atoms with Crippen LogP contribution in [0.5, 0.6) is 5.75 Å². The van der Waals surface area contributed by atoms with Crippen molar-refractivity contribution in [3.63, 3.8) is 0 Å². The van der Waals surface area contributed by atoms with Gasteiger partial charge in [-0.3, -0.25) is 14.8 Å². The molecule has 0 saturated carbocycles. The molecule has 4 rings (SSSR count). The molecule has 0 aromatic carbocycles. The number of amides is 1. The highest BCUT2D eigenvalue weighted by Gasteiger charge is 2.40. The van der Waals surface area contributed by atoms with Crippen molar-refractivity contribution in [1.82, 2.24) is 9.88 Å². The van der Waals surface area contributed by atoms with Gasteiger partial charge in [0.1, 0.15) is 36.1 Å². The smallest absolute Gasteiger partial charge is 0.242 e. The average Bonchev–Trinajstić information content (AvgIpc) is 3.34. The number of carbonyl (C=O) groups excluding carboxylic acids is 1. The van der Waals surface area contributed by atoms with Crippen molar-refractivity contribution in [2.45, 2.75) is 44.5 Å². The van der Waals surface area contributed by atoms with Crippen molar-refractivity contribution in [3.05, 3.63) is 17.8 Å². The normalized spacial score (nSPS) is 25.6. The molecule has 0 bridgehead atoms. The molecule has 4 heterocycles. The molecule has 0 aliphatic carbocycles. The van der Waals surface area contributed by atoms with E-state index >= 15 is 0 Å². The number of rotatable bonds is 5. The summed E-state index contributed by atoms with van der Waals surface area (Å²) in [6.45, 7) is 6.44. The summed E-state index contributed by atoms with van der Waals surface area (Å²) in [5.74, 6) is 2.28. The van der Waals surface area contributed by atoms with Gasteiger partial charge < -0.3 is 30.7 Å². The SMILES string of the molecule is CO[C@H]1CCN(c2cc3c(cn2)C2=NC(C(N=CN)=NC(C)C)CN2CCO3)[C@@H]1C(N)=O. The van der Waals surface area contributed by atoms with Crippen LogP contribution in [0.1, 0.15) is 25.8 Å². The Labute approximate surface area is 187 Å². The molecule has 1 saturated heterocycles. The Hall–Kier alpha value is -3.21. The van der Waals surface area contributed by atoms with Crippen LogP contribution in [0.4, 0.5) is 5.82 Å². The maximum absolute atomic E-state index is 12.1. The standard InChI is InChI=1S/C21H30N8O3/c1-12(2)26-20(25-11-22)14-10-28-6-7-32-16-8-17(24-9-13(16)21(28)27-14)29-5-4-15(31-3)18(29)19(23)30/h8-9,11-12,14-15,18H,4-7,10H2,1-3H3,(H2,23,30)(H2,22,25,26)/t14?,15-,18-/m0/s1. The number of ether oxygens (including phenoxy) is 2. The fourth-order valence-electron chi connectivity index (χ4n) is 4.43. The highest BCUT2D eigenvalue weighted by molar-refractivity contribution is 6.06. The van der Waals surface area contributed by atoms with Crippen molar-refractivity contribution in [1.29, 1.82) is 0 Å². The van der Waals surface area contributed by atoms with Crippen LogP contribution in [0.2, 0.25) is 0 Å². The number of methoxy groups -OCH3 is 1. The number of primary amides is 1. The number of anilines is 1. The van der Waals surface area contributed by atoms with Gasteiger partial charge in [0.05, 0.1) is 24.6 Å². The first-order valence-electron chi connectivity index (χ1n) is 10.8. The second kappa shape index (κ2) is 9.11. The number of nitrogens with two attached hydrogens (primary N) is 2. The number of aromatic nitrogens is 1. The molecule has 1 aromatic rings. The Kier molecular flexibility index (Phi) is 6.26. The number of carbonyl (C=O) groups is 1. The summed E-state index contributed by atoms with van der Waals surface area (Å²) in [5.41, 5.74) is 12.0. The van der Waals surface area contributed by atoms with Gasteiger partial charge in [-0.25, -0.2) is 9.98 Å². The monoisotopic (exact) mass is 442 g/mol. The van der Waals surface area contributed by atoms with E-state index in [1.54, 1.807) is 13.3 Å². The second-order valence-electron chi connectivity index (χ2n) is 8.26. The maximum Gasteiger partial charge on any atom is 0.242 e. The lowest BCUT2D eigenvalue weighted by Crippen LogP contribution is -2.46. The third-order valence-corrected chi connectivity index (χ3v) is 5.81. The molecule has 11 heteroatoms. The molecule has 1 unspecified atom stereocenters. The van der Waals surface area contributed by atoms with Crippen LogP contribution in [-0.2, 0) is 9.53 Å². The molecular formula is C21H30N8O3. The molecule has 3 aliphatic heterocycles. The fraction of sp³-hybridized carbons (Fsp3) is 0.571. The summed E-state index contributed by atoms with van der Waals surface area (Å²) in [7, 11) is 1.59. The molecule has 32 heavy (non-hydrogen) atoms. The molecule has 172 valence electrons. The number of nitrogens with zero attached hydrogens (tertiary/aromatic N) is 6. The summed E-state index contributed by atoms with van der Waals surface area (Å²) in [6, 6.07) is 1.16. The van der Waals surface area contributed by atoms with E-state index in [2.05, 4.69) is 19.9 Å². The quantitative estimate of drug-likeness (QED) is 0.474. The van der Waals surface area contributed by atoms with E-state index < -0.39 is 11.9 Å². The largest absolute Gasteiger partial charge is 0.491 e. The van der Waals surface area contributed by atoms with Gasteiger partial charge in [-0.1, -0.05) is 0 Å². The minimum Gasteiger partial charge on any atom is -0.491 e. The first kappa shape index (κ1) is 22.0. The van der Waals surface area contributed by atoms with Crippen LogP contribution in [-0.4, -0.2) is 91.4 Å². The van der Waals surface area contributed by atoms with Crippen molar-refractivity contribution in [3.8, 4) is 5.75 Å². The van der Waals surface area contributed by atoms with E-state index in [0.29, 0.717) is 50.1 Å². The first-order valence-corrected chi connectivity index (χ1v) is 10.8. The van der Waals surface area contributed by atoms with Crippen LogP contribution < -0.4 is 21.1 Å². The van der Waals surface area contributed by atoms with Crippen LogP contribution in [0.3, 0.4) is 0 Å². The summed E-state index contributed by atoms with van der Waals surface area (Å²) < 4.78 is 11.5. The van der Waals surface area contributed by atoms with Gasteiger partial charge in [-0.2, -0.15) is 0 Å². The zero-order valence-corrected chi connectivity index (χ0v) is 18.6. The van der Waals surface area contributed by atoms with Crippen LogP contribution >= 0.6 is 0 Å². The number of amidine groups is 2. The summed E-state index contributed by atoms with van der Waals surface area (Å²) in [5, 5.41) is 0. The molecule has 3 atom stereocenters. The minimum absolute atomic E-state index is 0.0868. The van der Waals surface area contributed by atoms with E-state index in [-0.39, 0.29) is 18.2 Å². The number of aliphatic imine (C=N–C) groups is 3. The lowest BCUT2D eigenvalue weighted by molar-refractivity contribution is -0.121. The number of pyridine rings is 1. The van der Waals surface area contributed by atoms with Gasteiger partial charge in [0.2, 0.25) is 5.91 Å². The maximum atomic E-state index is 12.1. The predicted octanol–water partition coefficient (Wildman–Crippen LogP) is -0.222. The van der Waals surface area contributed by atoms with E-state index in [9.17, 15) is 4.79 Å². The lowest BCUT2D eigenvalue weighted by Gasteiger charge is -2.26. The molecule has 1 fully saturated rings. The van der Waals surface area contributed by atoms with E-state index in [1.165, 1.54) is 6.34 Å². The number of hydrogen-bond acceptors (Lipinski definition) is 8. The number of fused-ring (bicyclic) bond motifs is 3. The van der Waals surface area contributed by atoms with Gasteiger partial charge in [-0.05, 0) is 20.3 Å². The molecule has 3 aliphatic rings. The number of hydrogen-bond donors (Lipinski definition) is 2. The van der Waals surface area contributed by atoms with Gasteiger partial charge in [0, 0.05) is 38.5 Å². The third-order valence-electron chi connectivity index (χ3n) is 5.81. The van der Waals surface area contributed by atoms with E-state index in [4.69, 9.17) is 25.9 Å². The third kappa shape index (κ3) is 4.12. The van der Waals surface area contributed by atoms with Crippen LogP contribution in [0.25, 0.3) is 0 Å². The van der Waals surface area contributed by atoms with Crippen LogP contribution in [0, 0.1) is 0 Å². The fourth-order valence-corrected chi connectivity index (χ4v) is 4.43. The molecule has 11 nitrogen and oxygen atoms in total. The highest BCUT2D eigenvalue weighted by Crippen LogP contribution is 2.33.